The lowest BCUT2D eigenvalue weighted by atomic mass is 11.1. The highest BCUT2D eigenvalue weighted by atomic mass is 35.5. The van der Waals surface area contributed by atoms with Crippen molar-refractivity contribution >= 4 is 36.4 Å². The number of halogens is 2. The predicted molar refractivity (Wildman–Crippen MR) is 37.1 cm³/mol. The van der Waals surface area contributed by atoms with E-state index in [4.69, 9.17) is 23.2 Å². The number of aromatic nitrogens is 3. The van der Waals surface area contributed by atoms with Crippen LogP contribution in [0.15, 0.2) is 0 Å². The maximum absolute atomic E-state index is 10.3. The van der Waals surface area contributed by atoms with Gasteiger partial charge in [0, 0.05) is 7.60 Å². The van der Waals surface area contributed by atoms with Crippen LogP contribution in [-0.4, -0.2) is 15.0 Å². The van der Waals surface area contributed by atoms with Crippen molar-refractivity contribution in [1.82, 2.24) is 15.0 Å². The number of hydrogen-bond donors (Lipinski definition) is 0. The molecule has 0 fully saturated rings. The highest BCUT2D eigenvalue weighted by Gasteiger charge is 2.05. The second-order valence-corrected chi connectivity index (χ2v) is 3.74. The maximum Gasteiger partial charge on any atom is 0.227 e. The number of nitrogens with zero attached hydrogens (tertiary/aromatic N) is 3. The normalized spacial score (nSPS) is 11.7. The van der Waals surface area contributed by atoms with E-state index < -0.39 is 23.7 Å². The first-order chi connectivity index (χ1) is 5.39. The van der Waals surface area contributed by atoms with Crippen LogP contribution in [0.1, 0.15) is 0 Å². The molecule has 1 heterocycles. The first-order valence-corrected chi connectivity index (χ1v) is 4.79. The molecule has 1 aromatic heterocycles. The zero-order valence-electron chi connectivity index (χ0n) is 5.27. The van der Waals surface area contributed by atoms with Gasteiger partial charge in [-0.2, -0.15) is 15.0 Å². The molecule has 1 rings (SSSR count). The standard InChI is InChI=1S/C3H2Cl2N3O3P/c4-1-6-2(5)8-3(7-1)12(9,10)11/h(H2,9,10,11)/p-2. The second kappa shape index (κ2) is 3.24. The third-order valence-corrected chi connectivity index (χ3v) is 1.84. The highest BCUT2D eigenvalue weighted by Crippen LogP contribution is 2.20. The zero-order valence-corrected chi connectivity index (χ0v) is 7.68. The van der Waals surface area contributed by atoms with E-state index >= 15 is 0 Å². The van der Waals surface area contributed by atoms with Crippen LogP contribution in [0.2, 0.25) is 10.6 Å². The summed E-state index contributed by atoms with van der Waals surface area (Å²) in [7, 11) is -5.00. The zero-order chi connectivity index (χ0) is 9.35. The molecule has 0 aliphatic heterocycles. The van der Waals surface area contributed by atoms with E-state index in [1.54, 1.807) is 0 Å². The van der Waals surface area contributed by atoms with Gasteiger partial charge in [-0.05, 0) is 23.2 Å². The van der Waals surface area contributed by atoms with E-state index in [1.807, 2.05) is 0 Å². The van der Waals surface area contributed by atoms with E-state index in [0.717, 1.165) is 0 Å². The summed E-state index contributed by atoms with van der Waals surface area (Å²) in [4.78, 5) is 30.1. The smallest absolute Gasteiger partial charge is 0.227 e. The Morgan fingerprint density at radius 2 is 1.50 bits per heavy atom. The Morgan fingerprint density at radius 1 is 1.08 bits per heavy atom. The molecule has 0 amide bonds. The molecule has 6 nitrogen and oxygen atoms in total. The van der Waals surface area contributed by atoms with Crippen molar-refractivity contribution in [3.05, 3.63) is 10.6 Å². The molecular weight excluding hydrogens is 228 g/mol. The molecule has 1 aromatic rings. The molecule has 0 N–H and O–H groups in total. The van der Waals surface area contributed by atoms with Gasteiger partial charge in [0.2, 0.25) is 10.6 Å². The Balaban J connectivity index is 3.27. The molecule has 0 saturated carbocycles. The minimum atomic E-state index is -5.00. The van der Waals surface area contributed by atoms with Crippen molar-refractivity contribution in [1.29, 1.82) is 0 Å². The topological polar surface area (TPSA) is 102 Å². The fourth-order valence-electron chi connectivity index (χ4n) is 0.439. The summed E-state index contributed by atoms with van der Waals surface area (Å²) >= 11 is 10.4. The molecule has 0 radical (unpaired) electrons. The minimum Gasteiger partial charge on any atom is -0.805 e. The molecule has 0 atom stereocenters. The van der Waals surface area contributed by atoms with Crippen LogP contribution in [-0.2, 0) is 4.57 Å². The van der Waals surface area contributed by atoms with E-state index in [0.29, 0.717) is 0 Å². The van der Waals surface area contributed by atoms with Crippen LogP contribution in [0.4, 0.5) is 0 Å². The predicted octanol–water partition coefficient (Wildman–Crippen LogP) is -1.28. The van der Waals surface area contributed by atoms with Crippen molar-refractivity contribution in [2.45, 2.75) is 0 Å². The van der Waals surface area contributed by atoms with Crippen LogP contribution in [0.3, 0.4) is 0 Å². The van der Waals surface area contributed by atoms with Gasteiger partial charge in [0.15, 0.2) is 5.57 Å². The Bertz CT molecular complexity index is 332. The summed E-state index contributed by atoms with van der Waals surface area (Å²) in [6.45, 7) is 0. The lowest BCUT2D eigenvalue weighted by molar-refractivity contribution is -0.308. The summed E-state index contributed by atoms with van der Waals surface area (Å²) in [6.07, 6.45) is 0. The van der Waals surface area contributed by atoms with Gasteiger partial charge in [0.05, 0.1) is 0 Å². The summed E-state index contributed by atoms with van der Waals surface area (Å²) in [5, 5.41) is -0.867. The Labute approximate surface area is 76.7 Å². The summed E-state index contributed by atoms with van der Waals surface area (Å²) in [5.74, 6) is 0. The highest BCUT2D eigenvalue weighted by molar-refractivity contribution is 7.56. The van der Waals surface area contributed by atoms with Crippen LogP contribution < -0.4 is 15.4 Å². The third-order valence-electron chi connectivity index (χ3n) is 0.814. The van der Waals surface area contributed by atoms with Crippen molar-refractivity contribution in [3.63, 3.8) is 0 Å². The van der Waals surface area contributed by atoms with E-state index in [9.17, 15) is 14.4 Å². The van der Waals surface area contributed by atoms with E-state index in [1.165, 1.54) is 0 Å². The first-order valence-electron chi connectivity index (χ1n) is 2.49. The lowest BCUT2D eigenvalue weighted by Gasteiger charge is -2.26. The van der Waals surface area contributed by atoms with Gasteiger partial charge in [0.25, 0.3) is 0 Å². The third kappa shape index (κ3) is 2.36. The van der Waals surface area contributed by atoms with E-state index in [-0.39, 0.29) is 0 Å². The van der Waals surface area contributed by atoms with Crippen molar-refractivity contribution in [2.75, 3.05) is 0 Å². The van der Waals surface area contributed by atoms with Gasteiger partial charge >= 0.3 is 0 Å². The monoisotopic (exact) mass is 227 g/mol. The molecule has 9 heteroatoms. The average Bonchev–Trinajstić information content (AvgIpc) is 1.82. The quantitative estimate of drug-likeness (QED) is 0.554. The van der Waals surface area contributed by atoms with Gasteiger partial charge in [-0.15, -0.1) is 0 Å². The van der Waals surface area contributed by atoms with Crippen LogP contribution in [0, 0.1) is 0 Å². The van der Waals surface area contributed by atoms with E-state index in [2.05, 4.69) is 15.0 Å². The SMILES string of the molecule is O=P([O-])([O-])c1nc(Cl)nc(Cl)n1. The molecule has 0 saturated heterocycles. The van der Waals surface area contributed by atoms with Gasteiger partial charge in [-0.25, -0.2) is 0 Å². The van der Waals surface area contributed by atoms with Crippen LogP contribution in [0.5, 0.6) is 0 Å². The first kappa shape index (κ1) is 9.83. The Hall–Kier alpha value is -0.260. The van der Waals surface area contributed by atoms with Crippen molar-refractivity contribution in [2.24, 2.45) is 0 Å². The van der Waals surface area contributed by atoms with Gasteiger partial charge in [-0.1, -0.05) is 0 Å². The van der Waals surface area contributed by atoms with Gasteiger partial charge < -0.3 is 14.4 Å². The number of rotatable bonds is 1. The molecule has 66 valence electrons. The molecule has 0 aliphatic carbocycles. The number of hydrogen-bond acceptors (Lipinski definition) is 6. The molecule has 0 aromatic carbocycles. The molecule has 0 bridgehead atoms. The van der Waals surface area contributed by atoms with Crippen LogP contribution in [0.25, 0.3) is 0 Å². The van der Waals surface area contributed by atoms with Gasteiger partial charge in [0.1, 0.15) is 0 Å². The second-order valence-electron chi connectivity index (χ2n) is 1.67. The largest absolute Gasteiger partial charge is 0.805 e. The summed E-state index contributed by atoms with van der Waals surface area (Å²) in [5.41, 5.74) is -0.951. The Kier molecular flexibility index (Phi) is 2.65. The van der Waals surface area contributed by atoms with Crippen LogP contribution >= 0.6 is 30.8 Å². The van der Waals surface area contributed by atoms with Crippen molar-refractivity contribution < 1.29 is 14.4 Å². The van der Waals surface area contributed by atoms with Crippen molar-refractivity contribution in [3.8, 4) is 0 Å². The molecule has 0 spiro atoms. The maximum atomic E-state index is 10.3. The molecular formula is C3Cl2N3O3P-2. The fraction of sp³-hybridized carbons (Fsp3) is 0. The average molecular weight is 228 g/mol. The molecule has 0 aliphatic rings. The summed E-state index contributed by atoms with van der Waals surface area (Å²) in [6, 6.07) is 0. The minimum absolute atomic E-state index is 0.433. The molecule has 0 unspecified atom stereocenters. The molecule has 12 heavy (non-hydrogen) atoms. The van der Waals surface area contributed by atoms with Gasteiger partial charge in [-0.3, -0.25) is 0 Å². The lowest BCUT2D eigenvalue weighted by Crippen LogP contribution is -2.30. The fourth-order valence-corrected chi connectivity index (χ4v) is 1.35. The Morgan fingerprint density at radius 3 is 1.83 bits per heavy atom. The summed E-state index contributed by atoms with van der Waals surface area (Å²) < 4.78 is 10.3.